The summed E-state index contributed by atoms with van der Waals surface area (Å²) >= 11 is 6.06. The van der Waals surface area contributed by atoms with E-state index in [0.717, 1.165) is 5.56 Å². The second kappa shape index (κ2) is 4.53. The smallest absolute Gasteiger partial charge is 0.234 e. The van der Waals surface area contributed by atoms with Crippen LogP contribution in [0.5, 0.6) is 0 Å². The van der Waals surface area contributed by atoms with Crippen molar-refractivity contribution in [2.45, 2.75) is 25.4 Å². The summed E-state index contributed by atoms with van der Waals surface area (Å²) in [5, 5.41) is 13.3. The van der Waals surface area contributed by atoms with E-state index in [1.807, 2.05) is 13.8 Å². The Kier molecular flexibility index (Phi) is 3.36. The minimum absolute atomic E-state index is 0.0920. The summed E-state index contributed by atoms with van der Waals surface area (Å²) in [5.74, 6) is -0.0920. The van der Waals surface area contributed by atoms with Gasteiger partial charge < -0.3 is 15.2 Å². The molecule has 1 atom stereocenters. The number of hydrogen-bond acceptors (Lipinski definition) is 3. The van der Waals surface area contributed by atoms with Gasteiger partial charge in [-0.1, -0.05) is 11.6 Å². The number of hydrogen-bond donors (Lipinski definition) is 2. The number of anilines is 1. The van der Waals surface area contributed by atoms with Gasteiger partial charge in [0.05, 0.1) is 17.7 Å². The highest BCUT2D eigenvalue weighted by Gasteiger charge is 2.40. The van der Waals surface area contributed by atoms with Crippen LogP contribution in [0.3, 0.4) is 0 Å². The van der Waals surface area contributed by atoms with Crippen LogP contribution in [-0.4, -0.2) is 24.7 Å². The number of rotatable bonds is 3. The van der Waals surface area contributed by atoms with Crippen molar-refractivity contribution in [1.82, 2.24) is 0 Å². The molecule has 1 amide bonds. The fourth-order valence-corrected chi connectivity index (χ4v) is 2.39. The fraction of sp³-hybridized carbons (Fsp3) is 0.462. The maximum atomic E-state index is 11.9. The van der Waals surface area contributed by atoms with E-state index in [1.54, 1.807) is 12.1 Å². The molecule has 1 aliphatic heterocycles. The van der Waals surface area contributed by atoms with Gasteiger partial charge in [-0.3, -0.25) is 4.79 Å². The lowest BCUT2D eigenvalue weighted by molar-refractivity contribution is -0.119. The third kappa shape index (κ3) is 2.00. The molecule has 98 valence electrons. The Bertz CT molecular complexity index is 499. The molecule has 0 fully saturated rings. The van der Waals surface area contributed by atoms with Crippen molar-refractivity contribution < 1.29 is 14.6 Å². The first-order valence-corrected chi connectivity index (χ1v) is 6.08. The Labute approximate surface area is 111 Å². The SMILES string of the molecule is COCC(O)c1cc(Cl)cc2c1NC(=O)C2(C)C. The zero-order valence-corrected chi connectivity index (χ0v) is 11.3. The molecule has 0 aromatic heterocycles. The van der Waals surface area contributed by atoms with Gasteiger partial charge >= 0.3 is 0 Å². The van der Waals surface area contributed by atoms with E-state index in [-0.39, 0.29) is 12.5 Å². The Morgan fingerprint density at radius 3 is 2.78 bits per heavy atom. The van der Waals surface area contributed by atoms with Gasteiger partial charge in [0.2, 0.25) is 5.91 Å². The molecular weight excluding hydrogens is 254 g/mol. The number of methoxy groups -OCH3 is 1. The van der Waals surface area contributed by atoms with E-state index >= 15 is 0 Å². The molecule has 0 saturated carbocycles. The topological polar surface area (TPSA) is 58.6 Å². The number of aliphatic hydroxyl groups excluding tert-OH is 1. The number of aliphatic hydroxyl groups is 1. The number of nitrogens with one attached hydrogen (secondary N) is 1. The van der Waals surface area contributed by atoms with Crippen LogP contribution in [0.2, 0.25) is 5.02 Å². The van der Waals surface area contributed by atoms with Crippen molar-refractivity contribution in [3.8, 4) is 0 Å². The van der Waals surface area contributed by atoms with E-state index in [9.17, 15) is 9.90 Å². The molecule has 18 heavy (non-hydrogen) atoms. The van der Waals surface area contributed by atoms with Crippen LogP contribution in [-0.2, 0) is 14.9 Å². The van der Waals surface area contributed by atoms with Crippen LogP contribution < -0.4 is 5.32 Å². The van der Waals surface area contributed by atoms with E-state index in [4.69, 9.17) is 16.3 Å². The maximum absolute atomic E-state index is 11.9. The Morgan fingerprint density at radius 2 is 2.17 bits per heavy atom. The van der Waals surface area contributed by atoms with Gasteiger partial charge in [-0.05, 0) is 31.5 Å². The molecule has 1 aliphatic rings. The molecule has 2 N–H and O–H groups in total. The Hall–Kier alpha value is -1.10. The molecule has 1 unspecified atom stereocenters. The van der Waals surface area contributed by atoms with Gasteiger partial charge in [0, 0.05) is 17.7 Å². The summed E-state index contributed by atoms with van der Waals surface area (Å²) in [6.07, 6.45) is -0.809. The van der Waals surface area contributed by atoms with Crippen LogP contribution in [0, 0.1) is 0 Å². The number of amides is 1. The number of benzene rings is 1. The van der Waals surface area contributed by atoms with Crippen LogP contribution in [0.25, 0.3) is 0 Å². The number of carbonyl (C=O) groups excluding carboxylic acids is 1. The van der Waals surface area contributed by atoms with Gasteiger partial charge in [0.25, 0.3) is 0 Å². The number of ether oxygens (including phenoxy) is 1. The lowest BCUT2D eigenvalue weighted by Crippen LogP contribution is -2.26. The molecule has 2 rings (SSSR count). The number of fused-ring (bicyclic) bond motifs is 1. The van der Waals surface area contributed by atoms with Crippen LogP contribution in [0.1, 0.15) is 31.1 Å². The minimum atomic E-state index is -0.809. The van der Waals surface area contributed by atoms with E-state index in [2.05, 4.69) is 5.32 Å². The molecule has 1 aromatic carbocycles. The number of halogens is 1. The van der Waals surface area contributed by atoms with Crippen molar-refractivity contribution in [2.75, 3.05) is 19.0 Å². The monoisotopic (exact) mass is 269 g/mol. The number of carbonyl (C=O) groups is 1. The van der Waals surface area contributed by atoms with Crippen molar-refractivity contribution in [3.63, 3.8) is 0 Å². The first-order valence-electron chi connectivity index (χ1n) is 5.70. The summed E-state index contributed by atoms with van der Waals surface area (Å²) in [5.41, 5.74) is 1.42. The van der Waals surface area contributed by atoms with Crippen molar-refractivity contribution in [2.24, 2.45) is 0 Å². The Balaban J connectivity index is 2.56. The minimum Gasteiger partial charge on any atom is -0.386 e. The average Bonchev–Trinajstić information content (AvgIpc) is 2.51. The molecular formula is C13H16ClNO3. The van der Waals surface area contributed by atoms with Crippen molar-refractivity contribution in [1.29, 1.82) is 0 Å². The quantitative estimate of drug-likeness (QED) is 0.885. The zero-order chi connectivity index (χ0) is 13.5. The molecule has 4 nitrogen and oxygen atoms in total. The summed E-state index contributed by atoms with van der Waals surface area (Å²) in [6.45, 7) is 3.82. The third-order valence-electron chi connectivity index (χ3n) is 3.30. The average molecular weight is 270 g/mol. The summed E-state index contributed by atoms with van der Waals surface area (Å²) < 4.78 is 4.93. The third-order valence-corrected chi connectivity index (χ3v) is 3.51. The van der Waals surface area contributed by atoms with Crippen LogP contribution in [0.15, 0.2) is 12.1 Å². The second-order valence-electron chi connectivity index (χ2n) is 4.97. The second-order valence-corrected chi connectivity index (χ2v) is 5.40. The van der Waals surface area contributed by atoms with E-state index in [1.165, 1.54) is 7.11 Å². The maximum Gasteiger partial charge on any atom is 0.234 e. The van der Waals surface area contributed by atoms with Crippen LogP contribution >= 0.6 is 11.6 Å². The van der Waals surface area contributed by atoms with Gasteiger partial charge in [-0.15, -0.1) is 0 Å². The summed E-state index contributed by atoms with van der Waals surface area (Å²) in [7, 11) is 1.51. The van der Waals surface area contributed by atoms with Gasteiger partial charge in [0.15, 0.2) is 0 Å². The van der Waals surface area contributed by atoms with Gasteiger partial charge in [0.1, 0.15) is 6.10 Å². The summed E-state index contributed by atoms with van der Waals surface area (Å²) in [6, 6.07) is 3.42. The van der Waals surface area contributed by atoms with E-state index < -0.39 is 11.5 Å². The zero-order valence-electron chi connectivity index (χ0n) is 10.6. The van der Waals surface area contributed by atoms with Gasteiger partial charge in [-0.2, -0.15) is 0 Å². The van der Waals surface area contributed by atoms with E-state index in [0.29, 0.717) is 16.3 Å². The fourth-order valence-electron chi connectivity index (χ4n) is 2.16. The van der Waals surface area contributed by atoms with Crippen LogP contribution in [0.4, 0.5) is 5.69 Å². The molecule has 1 aromatic rings. The molecule has 0 saturated heterocycles. The molecule has 0 spiro atoms. The van der Waals surface area contributed by atoms with Gasteiger partial charge in [-0.25, -0.2) is 0 Å². The standard InChI is InChI=1S/C13H16ClNO3/c1-13(2)9-5-7(14)4-8(10(16)6-18-3)11(9)15-12(13)17/h4-5,10,16H,6H2,1-3H3,(H,15,17). The highest BCUT2D eigenvalue weighted by atomic mass is 35.5. The molecule has 0 aliphatic carbocycles. The first kappa shape index (κ1) is 13.3. The molecule has 1 heterocycles. The summed E-state index contributed by atoms with van der Waals surface area (Å²) in [4.78, 5) is 11.9. The largest absolute Gasteiger partial charge is 0.386 e. The predicted molar refractivity (Wildman–Crippen MR) is 69.9 cm³/mol. The lowest BCUT2D eigenvalue weighted by Gasteiger charge is -2.18. The Morgan fingerprint density at radius 1 is 1.50 bits per heavy atom. The first-order chi connectivity index (χ1) is 8.37. The van der Waals surface area contributed by atoms with Crippen molar-refractivity contribution in [3.05, 3.63) is 28.3 Å². The normalized spacial score (nSPS) is 18.4. The lowest BCUT2D eigenvalue weighted by atomic mass is 9.85. The molecule has 0 bridgehead atoms. The highest BCUT2D eigenvalue weighted by molar-refractivity contribution is 6.31. The molecule has 0 radical (unpaired) electrons. The highest BCUT2D eigenvalue weighted by Crippen LogP contribution is 2.43. The predicted octanol–water partition coefficient (Wildman–Crippen LogP) is 2.25. The molecule has 5 heteroatoms. The van der Waals surface area contributed by atoms with Crippen molar-refractivity contribution >= 4 is 23.2 Å².